The number of halogens is 1. The second-order valence-corrected chi connectivity index (χ2v) is 9.71. The number of carbonyl (C=O) groups excluding carboxylic acids is 1. The van der Waals surface area contributed by atoms with Gasteiger partial charge in [0, 0.05) is 38.0 Å². The predicted octanol–water partition coefficient (Wildman–Crippen LogP) is 2.80. The average molecular weight is 420 g/mol. The second kappa shape index (κ2) is 7.14. The summed E-state index contributed by atoms with van der Waals surface area (Å²) in [6, 6.07) is 10.6. The smallest absolute Gasteiger partial charge is 0.254 e. The van der Waals surface area contributed by atoms with Crippen LogP contribution in [-0.2, 0) is 9.84 Å². The zero-order valence-corrected chi connectivity index (χ0v) is 16.8. The van der Waals surface area contributed by atoms with Gasteiger partial charge in [0.2, 0.25) is 0 Å². The molecule has 1 saturated heterocycles. The van der Waals surface area contributed by atoms with E-state index in [1.165, 1.54) is 35.8 Å². The Kier molecular flexibility index (Phi) is 4.80. The van der Waals surface area contributed by atoms with Crippen molar-refractivity contribution in [3.63, 3.8) is 0 Å². The van der Waals surface area contributed by atoms with Gasteiger partial charge in [0.1, 0.15) is 5.82 Å². The van der Waals surface area contributed by atoms with Gasteiger partial charge in [0.25, 0.3) is 5.91 Å². The molecule has 0 aliphatic carbocycles. The summed E-state index contributed by atoms with van der Waals surface area (Å²) in [6.07, 6.45) is 1.19. The van der Waals surface area contributed by atoms with Crippen molar-refractivity contribution in [1.82, 2.24) is 9.88 Å². The number of benzene rings is 2. The molecule has 1 aliphatic rings. The van der Waals surface area contributed by atoms with Crippen LogP contribution in [0.15, 0.2) is 47.4 Å². The van der Waals surface area contributed by atoms with Crippen molar-refractivity contribution in [3.05, 3.63) is 53.8 Å². The normalized spacial score (nSPS) is 15.2. The molecule has 3 aromatic rings. The fourth-order valence-electron chi connectivity index (χ4n) is 3.16. The van der Waals surface area contributed by atoms with Crippen LogP contribution < -0.4 is 4.90 Å². The Labute approximate surface area is 166 Å². The lowest BCUT2D eigenvalue weighted by molar-refractivity contribution is 0.0746. The summed E-state index contributed by atoms with van der Waals surface area (Å²) in [5.41, 5.74) is 1.10. The first-order valence-corrected chi connectivity index (χ1v) is 11.4. The van der Waals surface area contributed by atoms with E-state index in [2.05, 4.69) is 9.88 Å². The maximum Gasteiger partial charge on any atom is 0.254 e. The van der Waals surface area contributed by atoms with E-state index in [0.717, 1.165) is 15.3 Å². The molecular formula is C19H18FN3O3S2. The topological polar surface area (TPSA) is 70.6 Å². The molecule has 9 heteroatoms. The number of hydrogen-bond acceptors (Lipinski definition) is 6. The van der Waals surface area contributed by atoms with Gasteiger partial charge >= 0.3 is 0 Å². The van der Waals surface area contributed by atoms with Crippen LogP contribution in [0.3, 0.4) is 0 Å². The molecule has 1 amide bonds. The number of piperazine rings is 1. The molecule has 0 unspecified atom stereocenters. The summed E-state index contributed by atoms with van der Waals surface area (Å²) in [5, 5.41) is 0.804. The zero-order chi connectivity index (χ0) is 19.9. The van der Waals surface area contributed by atoms with Gasteiger partial charge in [-0.15, -0.1) is 0 Å². The molecule has 28 heavy (non-hydrogen) atoms. The van der Waals surface area contributed by atoms with Gasteiger partial charge in [0.05, 0.1) is 15.1 Å². The minimum absolute atomic E-state index is 0.179. The largest absolute Gasteiger partial charge is 0.345 e. The Morgan fingerprint density at radius 3 is 2.54 bits per heavy atom. The lowest BCUT2D eigenvalue weighted by atomic mass is 10.2. The summed E-state index contributed by atoms with van der Waals surface area (Å²) in [6.45, 7) is 2.25. The minimum atomic E-state index is -3.26. The second-order valence-electron chi connectivity index (χ2n) is 6.69. The number of amides is 1. The summed E-state index contributed by atoms with van der Waals surface area (Å²) in [4.78, 5) is 21.2. The number of nitrogens with zero attached hydrogens (tertiary/aromatic N) is 3. The van der Waals surface area contributed by atoms with Gasteiger partial charge in [-0.05, 0) is 36.4 Å². The first kappa shape index (κ1) is 18.8. The molecule has 6 nitrogen and oxygen atoms in total. The van der Waals surface area contributed by atoms with Crippen LogP contribution in [-0.4, -0.2) is 56.6 Å². The highest BCUT2D eigenvalue weighted by molar-refractivity contribution is 7.90. The number of hydrogen-bond donors (Lipinski definition) is 0. The van der Waals surface area contributed by atoms with Crippen LogP contribution >= 0.6 is 11.3 Å². The van der Waals surface area contributed by atoms with Gasteiger partial charge in [-0.3, -0.25) is 4.79 Å². The highest BCUT2D eigenvalue weighted by Crippen LogP contribution is 2.31. The van der Waals surface area contributed by atoms with E-state index in [0.29, 0.717) is 31.7 Å². The van der Waals surface area contributed by atoms with Crippen molar-refractivity contribution in [2.75, 3.05) is 37.3 Å². The van der Waals surface area contributed by atoms with Crippen LogP contribution in [0.4, 0.5) is 9.52 Å². The number of thiazole rings is 1. The number of aromatic nitrogens is 1. The number of fused-ring (bicyclic) bond motifs is 1. The molecule has 1 aliphatic heterocycles. The van der Waals surface area contributed by atoms with E-state index in [4.69, 9.17) is 0 Å². The third-order valence-corrected chi connectivity index (χ3v) is 6.87. The van der Waals surface area contributed by atoms with Gasteiger partial charge in [0.15, 0.2) is 15.0 Å². The summed E-state index contributed by atoms with van der Waals surface area (Å²) < 4.78 is 37.6. The van der Waals surface area contributed by atoms with Crippen LogP contribution in [0.25, 0.3) is 10.2 Å². The summed E-state index contributed by atoms with van der Waals surface area (Å²) in [5.74, 6) is -0.603. The molecule has 0 saturated carbocycles. The van der Waals surface area contributed by atoms with E-state index >= 15 is 0 Å². The maximum absolute atomic E-state index is 13.4. The fraction of sp³-hybridized carbons (Fsp3) is 0.263. The van der Waals surface area contributed by atoms with Crippen molar-refractivity contribution in [1.29, 1.82) is 0 Å². The monoisotopic (exact) mass is 419 g/mol. The Morgan fingerprint density at radius 2 is 1.86 bits per heavy atom. The Balaban J connectivity index is 1.48. The fourth-order valence-corrected chi connectivity index (χ4v) is 4.94. The standard InChI is InChI=1S/C19H18FN3O3S2/c1-28(25,26)15-5-6-16-17(12-15)27-19(21-16)23-9-7-22(8-10-23)18(24)13-3-2-4-14(20)11-13/h2-6,11-12H,7-10H2,1H3. The lowest BCUT2D eigenvalue weighted by Crippen LogP contribution is -2.48. The highest BCUT2D eigenvalue weighted by atomic mass is 32.2. The highest BCUT2D eigenvalue weighted by Gasteiger charge is 2.24. The molecule has 2 aromatic carbocycles. The van der Waals surface area contributed by atoms with Gasteiger partial charge in [-0.25, -0.2) is 17.8 Å². The van der Waals surface area contributed by atoms with Crippen molar-refractivity contribution >= 4 is 42.4 Å². The maximum atomic E-state index is 13.4. The first-order valence-electron chi connectivity index (χ1n) is 8.72. The van der Waals surface area contributed by atoms with E-state index in [1.807, 2.05) is 0 Å². The van der Waals surface area contributed by atoms with Crippen LogP contribution in [0.1, 0.15) is 10.4 Å². The van der Waals surface area contributed by atoms with Crippen LogP contribution in [0, 0.1) is 5.82 Å². The van der Waals surface area contributed by atoms with E-state index < -0.39 is 15.7 Å². The number of sulfone groups is 1. The number of carbonyl (C=O) groups is 1. The van der Waals surface area contributed by atoms with Crippen LogP contribution in [0.2, 0.25) is 0 Å². The SMILES string of the molecule is CS(=O)(=O)c1ccc2nc(N3CCN(C(=O)c4cccc(F)c4)CC3)sc2c1. The van der Waals surface area contributed by atoms with Gasteiger partial charge in [-0.2, -0.15) is 0 Å². The predicted molar refractivity (Wildman–Crippen MR) is 107 cm³/mol. The van der Waals surface area contributed by atoms with E-state index in [-0.39, 0.29) is 10.8 Å². The Hall–Kier alpha value is -2.52. The van der Waals surface area contributed by atoms with Crippen LogP contribution in [0.5, 0.6) is 0 Å². The number of anilines is 1. The van der Waals surface area contributed by atoms with Crippen molar-refractivity contribution < 1.29 is 17.6 Å². The summed E-state index contributed by atoms with van der Waals surface area (Å²) in [7, 11) is -3.26. The molecule has 4 rings (SSSR count). The molecule has 0 bridgehead atoms. The molecule has 0 spiro atoms. The first-order chi connectivity index (χ1) is 13.3. The Morgan fingerprint density at radius 1 is 1.11 bits per heavy atom. The molecule has 1 aromatic heterocycles. The van der Waals surface area contributed by atoms with Gasteiger partial charge in [-0.1, -0.05) is 17.4 Å². The average Bonchev–Trinajstić information content (AvgIpc) is 3.10. The molecule has 2 heterocycles. The molecule has 0 N–H and O–H groups in total. The molecule has 0 atom stereocenters. The molecule has 146 valence electrons. The third-order valence-electron chi connectivity index (χ3n) is 4.69. The van der Waals surface area contributed by atoms with Crippen molar-refractivity contribution in [3.8, 4) is 0 Å². The molecule has 0 radical (unpaired) electrons. The molecule has 1 fully saturated rings. The zero-order valence-electron chi connectivity index (χ0n) is 15.1. The number of rotatable bonds is 3. The van der Waals surface area contributed by atoms with E-state index in [9.17, 15) is 17.6 Å². The van der Waals surface area contributed by atoms with Gasteiger partial charge < -0.3 is 9.80 Å². The quantitative estimate of drug-likeness (QED) is 0.653. The van der Waals surface area contributed by atoms with E-state index in [1.54, 1.807) is 29.2 Å². The summed E-state index contributed by atoms with van der Waals surface area (Å²) >= 11 is 1.44. The lowest BCUT2D eigenvalue weighted by Gasteiger charge is -2.34. The van der Waals surface area contributed by atoms with Crippen molar-refractivity contribution in [2.24, 2.45) is 0 Å². The third kappa shape index (κ3) is 3.72. The van der Waals surface area contributed by atoms with Crippen molar-refractivity contribution in [2.45, 2.75) is 4.90 Å². The molecular weight excluding hydrogens is 401 g/mol. The Bertz CT molecular complexity index is 1150. The minimum Gasteiger partial charge on any atom is -0.345 e.